The third-order valence-electron chi connectivity index (χ3n) is 6.72. The van der Waals surface area contributed by atoms with Crippen molar-refractivity contribution in [2.24, 2.45) is 0 Å². The van der Waals surface area contributed by atoms with Crippen molar-refractivity contribution in [1.82, 2.24) is 34.2 Å². The summed E-state index contributed by atoms with van der Waals surface area (Å²) in [6.45, 7) is 0. The Morgan fingerprint density at radius 1 is 0.690 bits per heavy atom. The average Bonchev–Trinajstić information content (AvgIpc) is 3.61. The molecular formula is C30H17Br2ClN8O. The van der Waals surface area contributed by atoms with Crippen LogP contribution < -0.4 is 4.73 Å². The summed E-state index contributed by atoms with van der Waals surface area (Å²) in [6.07, 6.45) is 12.3. The van der Waals surface area contributed by atoms with Gasteiger partial charge in [-0.3, -0.25) is 0 Å². The summed E-state index contributed by atoms with van der Waals surface area (Å²) in [4.78, 5) is 13.2. The number of hydrogen-bond acceptors (Lipinski definition) is 6. The molecule has 0 bridgehead atoms. The molecule has 0 spiro atoms. The molecule has 0 aliphatic heterocycles. The number of fused-ring (bicyclic) bond motifs is 4. The summed E-state index contributed by atoms with van der Waals surface area (Å²) in [7, 11) is 0. The Morgan fingerprint density at radius 3 is 1.98 bits per heavy atom. The highest BCUT2D eigenvalue weighted by Gasteiger charge is 2.15. The van der Waals surface area contributed by atoms with Gasteiger partial charge in [-0.1, -0.05) is 41.9 Å². The quantitative estimate of drug-likeness (QED) is 0.107. The van der Waals surface area contributed by atoms with Gasteiger partial charge >= 0.3 is 0 Å². The predicted molar refractivity (Wildman–Crippen MR) is 169 cm³/mol. The van der Waals surface area contributed by atoms with Crippen molar-refractivity contribution in [2.75, 3.05) is 0 Å². The molecule has 0 amide bonds. The normalized spacial score (nSPS) is 11.3. The second-order valence-electron chi connectivity index (χ2n) is 9.28. The molecular weight excluding hydrogens is 684 g/mol. The lowest BCUT2D eigenvalue weighted by atomic mass is 10.0. The highest BCUT2D eigenvalue weighted by molar-refractivity contribution is 9.10. The average molecular weight is 701 g/mol. The molecule has 0 saturated heterocycles. The van der Waals surface area contributed by atoms with Crippen LogP contribution >= 0.6 is 43.5 Å². The molecule has 2 aromatic carbocycles. The van der Waals surface area contributed by atoms with Gasteiger partial charge < -0.3 is 5.21 Å². The van der Waals surface area contributed by atoms with E-state index in [-0.39, 0.29) is 0 Å². The van der Waals surface area contributed by atoms with Crippen molar-refractivity contribution >= 4 is 76.6 Å². The molecule has 8 rings (SSSR count). The molecule has 9 nitrogen and oxygen atoms in total. The van der Waals surface area contributed by atoms with Gasteiger partial charge in [-0.15, -0.1) is 0 Å². The van der Waals surface area contributed by atoms with Gasteiger partial charge in [0.2, 0.25) is 5.52 Å². The van der Waals surface area contributed by atoms with Crippen molar-refractivity contribution < 1.29 is 4.73 Å². The summed E-state index contributed by atoms with van der Waals surface area (Å²) in [6, 6.07) is 19.1. The van der Waals surface area contributed by atoms with Crippen molar-refractivity contribution in [2.45, 2.75) is 0 Å². The van der Waals surface area contributed by atoms with E-state index in [1.54, 1.807) is 39.9 Å². The number of rotatable bonds is 2. The Hall–Kier alpha value is -4.45. The van der Waals surface area contributed by atoms with Gasteiger partial charge in [-0.2, -0.15) is 14.9 Å². The van der Waals surface area contributed by atoms with Gasteiger partial charge in [0.15, 0.2) is 17.5 Å². The van der Waals surface area contributed by atoms with Crippen molar-refractivity contribution in [3.05, 3.63) is 123 Å². The lowest BCUT2D eigenvalue weighted by molar-refractivity contribution is -0.576. The lowest BCUT2D eigenvalue weighted by Crippen LogP contribution is -2.25. The summed E-state index contributed by atoms with van der Waals surface area (Å²) in [5.74, 6) is 0. The first-order valence-corrected chi connectivity index (χ1v) is 14.6. The molecule has 0 fully saturated rings. The zero-order valence-corrected chi connectivity index (χ0v) is 25.4. The monoisotopic (exact) mass is 698 g/mol. The number of benzene rings is 2. The van der Waals surface area contributed by atoms with E-state index in [2.05, 4.69) is 57.0 Å². The fourth-order valence-electron chi connectivity index (χ4n) is 4.89. The van der Waals surface area contributed by atoms with Crippen LogP contribution in [0.3, 0.4) is 0 Å². The number of para-hydroxylation sites is 2. The first-order chi connectivity index (χ1) is 20.5. The van der Waals surface area contributed by atoms with E-state index in [0.29, 0.717) is 10.7 Å². The topological polar surface area (TPSA) is 100 Å². The second-order valence-corrected chi connectivity index (χ2v) is 11.5. The smallest absolute Gasteiger partial charge is 0.224 e. The van der Waals surface area contributed by atoms with Crippen LogP contribution in [0.2, 0.25) is 5.15 Å². The number of aromatic nitrogens is 8. The van der Waals surface area contributed by atoms with Crippen LogP contribution in [0.4, 0.5) is 0 Å². The standard InChI is InChI=1S/C15H8BrClN4.C15H9BrN4O/c16-9-6-18-15-12(7-19-21(15)8-9)11-5-14(17)20-13-4-2-1-3-10(11)13;16-10-7-17-15-13(8-18-19(15)9-10)11-5-6-20(21)14-4-2-1-3-12(11)14/h1-8H;1-9H. The molecule has 0 atom stereocenters. The Balaban J connectivity index is 0.000000137. The molecule has 0 aliphatic rings. The molecule has 12 heteroatoms. The third-order valence-corrected chi connectivity index (χ3v) is 7.74. The maximum atomic E-state index is 11.9. The molecule has 6 aromatic heterocycles. The molecule has 204 valence electrons. The summed E-state index contributed by atoms with van der Waals surface area (Å²) in [5, 5.41) is 22.9. The lowest BCUT2D eigenvalue weighted by Gasteiger charge is -2.06. The van der Waals surface area contributed by atoms with E-state index < -0.39 is 0 Å². The fraction of sp³-hybridized carbons (Fsp3) is 0. The van der Waals surface area contributed by atoms with Crippen LogP contribution in [0.5, 0.6) is 0 Å². The first-order valence-electron chi connectivity index (χ1n) is 12.6. The van der Waals surface area contributed by atoms with Gasteiger partial charge in [-0.05, 0) is 55.6 Å². The van der Waals surface area contributed by atoms with Gasteiger partial charge in [0.1, 0.15) is 5.15 Å². The van der Waals surface area contributed by atoms with Crippen molar-refractivity contribution in [1.29, 1.82) is 0 Å². The van der Waals surface area contributed by atoms with Crippen molar-refractivity contribution in [3.8, 4) is 22.3 Å². The molecule has 0 unspecified atom stereocenters. The van der Waals surface area contributed by atoms with Crippen molar-refractivity contribution in [3.63, 3.8) is 0 Å². The van der Waals surface area contributed by atoms with Crippen LogP contribution in [-0.4, -0.2) is 34.2 Å². The number of nitrogens with zero attached hydrogens (tertiary/aromatic N) is 8. The Morgan fingerprint density at radius 2 is 1.29 bits per heavy atom. The van der Waals surface area contributed by atoms with Crippen LogP contribution in [-0.2, 0) is 0 Å². The minimum atomic E-state index is 0.458. The van der Waals surface area contributed by atoms with Gasteiger partial charge in [0.05, 0.1) is 32.2 Å². The largest absolute Gasteiger partial charge is 0.618 e. The number of hydrogen-bond donors (Lipinski definition) is 0. The highest BCUT2D eigenvalue weighted by atomic mass is 79.9. The summed E-state index contributed by atoms with van der Waals surface area (Å²) in [5.41, 5.74) is 6.79. The Bertz CT molecular complexity index is 2280. The van der Waals surface area contributed by atoms with E-state index in [4.69, 9.17) is 11.6 Å². The van der Waals surface area contributed by atoms with Crippen LogP contribution in [0.1, 0.15) is 0 Å². The zero-order chi connectivity index (χ0) is 28.8. The SMILES string of the molecule is Clc1cc(-c2cnn3cc(Br)cnc23)c2ccccc2n1.[O-][n+]1ccc(-c2cnn3cc(Br)cnc23)c2ccccc21. The first kappa shape index (κ1) is 26.4. The van der Waals surface area contributed by atoms with E-state index in [9.17, 15) is 5.21 Å². The molecule has 8 aromatic rings. The second kappa shape index (κ2) is 10.8. The minimum absolute atomic E-state index is 0.458. The molecule has 42 heavy (non-hydrogen) atoms. The maximum Gasteiger partial charge on any atom is 0.224 e. The highest BCUT2D eigenvalue weighted by Crippen LogP contribution is 2.32. The molecule has 0 saturated carbocycles. The van der Waals surface area contributed by atoms with E-state index in [0.717, 1.165) is 63.5 Å². The van der Waals surface area contributed by atoms with Gasteiger partial charge in [0, 0.05) is 59.0 Å². The number of pyridine rings is 2. The molecule has 6 heterocycles. The zero-order valence-electron chi connectivity index (χ0n) is 21.4. The van der Waals surface area contributed by atoms with Gasteiger partial charge in [0.25, 0.3) is 0 Å². The predicted octanol–water partition coefficient (Wildman–Crippen LogP) is 7.31. The minimum Gasteiger partial charge on any atom is -0.618 e. The molecule has 0 radical (unpaired) electrons. The summed E-state index contributed by atoms with van der Waals surface area (Å²) >= 11 is 12.9. The van der Waals surface area contributed by atoms with E-state index >= 15 is 0 Å². The van der Waals surface area contributed by atoms with Gasteiger partial charge in [-0.25, -0.2) is 24.0 Å². The third kappa shape index (κ3) is 4.75. The molecule has 0 N–H and O–H groups in total. The van der Waals surface area contributed by atoms with Crippen LogP contribution in [0.15, 0.2) is 113 Å². The fourth-order valence-corrected chi connectivity index (χ4v) is 5.68. The number of halogens is 3. The maximum absolute atomic E-state index is 11.9. The summed E-state index contributed by atoms with van der Waals surface area (Å²) < 4.78 is 6.06. The van der Waals surface area contributed by atoms with Crippen LogP contribution in [0, 0.1) is 5.21 Å². The Kier molecular flexibility index (Phi) is 6.77. The van der Waals surface area contributed by atoms with E-state index in [1.165, 1.54) is 6.20 Å². The van der Waals surface area contributed by atoms with E-state index in [1.807, 2.05) is 67.0 Å². The Labute approximate surface area is 259 Å². The molecule has 0 aliphatic carbocycles. The van der Waals surface area contributed by atoms with Crippen LogP contribution in [0.25, 0.3) is 55.4 Å².